The molecule has 3 aromatic carbocycles. The summed E-state index contributed by atoms with van der Waals surface area (Å²) in [6, 6.07) is 19.9. The molecule has 35 heavy (non-hydrogen) atoms. The van der Waals surface area contributed by atoms with Crippen LogP contribution in [0.4, 0.5) is 21.5 Å². The van der Waals surface area contributed by atoms with Crippen molar-refractivity contribution in [1.82, 2.24) is 0 Å². The van der Waals surface area contributed by atoms with Crippen LogP contribution in [0.2, 0.25) is 0 Å². The Morgan fingerprint density at radius 1 is 0.857 bits per heavy atom. The molecule has 0 unspecified atom stereocenters. The van der Waals surface area contributed by atoms with E-state index in [9.17, 15) is 9.18 Å². The molecule has 0 aliphatic rings. The molecular formula is C29H32FN3O2. The second kappa shape index (κ2) is 13.2. The molecule has 0 saturated carbocycles. The Bertz CT molecular complexity index is 1150. The third kappa shape index (κ3) is 8.18. The van der Waals surface area contributed by atoms with E-state index in [2.05, 4.69) is 17.2 Å². The van der Waals surface area contributed by atoms with E-state index in [1.54, 1.807) is 12.1 Å². The van der Waals surface area contributed by atoms with Crippen LogP contribution in [0.3, 0.4) is 0 Å². The zero-order valence-electron chi connectivity index (χ0n) is 20.6. The van der Waals surface area contributed by atoms with Gasteiger partial charge in [0.25, 0.3) is 0 Å². The highest BCUT2D eigenvalue weighted by molar-refractivity contribution is 5.90. The molecule has 0 fully saturated rings. The average Bonchev–Trinajstić information content (AvgIpc) is 2.87. The van der Waals surface area contributed by atoms with E-state index in [0.717, 1.165) is 48.3 Å². The number of ether oxygens (including phenoxy) is 1. The van der Waals surface area contributed by atoms with Gasteiger partial charge in [0.2, 0.25) is 0 Å². The molecule has 0 atom stereocenters. The van der Waals surface area contributed by atoms with Crippen LogP contribution in [-0.4, -0.2) is 26.7 Å². The lowest BCUT2D eigenvalue weighted by Gasteiger charge is -2.11. The van der Waals surface area contributed by atoms with E-state index in [1.165, 1.54) is 12.1 Å². The van der Waals surface area contributed by atoms with Gasteiger partial charge in [0.1, 0.15) is 5.82 Å². The highest BCUT2D eigenvalue weighted by Crippen LogP contribution is 2.22. The van der Waals surface area contributed by atoms with E-state index < -0.39 is 11.8 Å². The summed E-state index contributed by atoms with van der Waals surface area (Å²) in [6.45, 7) is 2.43. The molecule has 5 nitrogen and oxygen atoms in total. The topological polar surface area (TPSA) is 54.3 Å². The maximum Gasteiger partial charge on any atom is 0.341 e. The fraction of sp³-hybridized carbons (Fsp3) is 0.276. The Hall–Kier alpha value is -3.80. The summed E-state index contributed by atoms with van der Waals surface area (Å²) >= 11 is 0. The number of rotatable bonds is 11. The Labute approximate surface area is 207 Å². The number of unbranched alkanes of at least 4 members (excludes halogenated alkanes) is 3. The Kier molecular flexibility index (Phi) is 9.72. The third-order valence-electron chi connectivity index (χ3n) is 5.45. The average molecular weight is 474 g/mol. The zero-order chi connectivity index (χ0) is 25.0. The van der Waals surface area contributed by atoms with Crippen LogP contribution in [0, 0.1) is 5.82 Å². The second-order valence-electron chi connectivity index (χ2n) is 8.47. The maximum absolute atomic E-state index is 14.4. The van der Waals surface area contributed by atoms with Crippen LogP contribution in [0.25, 0.3) is 12.2 Å². The summed E-state index contributed by atoms with van der Waals surface area (Å²) in [5, 5.41) is 8.55. The minimum Gasteiger partial charge on any atom is -0.462 e. The fourth-order valence-electron chi connectivity index (χ4n) is 3.35. The number of hydrogen-bond donors (Lipinski definition) is 0. The first-order chi connectivity index (χ1) is 17.0. The number of nitrogens with zero attached hydrogens (tertiary/aromatic N) is 3. The predicted molar refractivity (Wildman–Crippen MR) is 141 cm³/mol. The number of hydrogen-bond acceptors (Lipinski definition) is 5. The van der Waals surface area contributed by atoms with Crippen molar-refractivity contribution in [3.63, 3.8) is 0 Å². The van der Waals surface area contributed by atoms with Crippen LogP contribution in [-0.2, 0) is 4.74 Å². The second-order valence-corrected chi connectivity index (χ2v) is 8.47. The molecule has 0 heterocycles. The summed E-state index contributed by atoms with van der Waals surface area (Å²) < 4.78 is 19.6. The van der Waals surface area contributed by atoms with E-state index in [4.69, 9.17) is 4.74 Å². The Morgan fingerprint density at radius 3 is 2.06 bits per heavy atom. The zero-order valence-corrected chi connectivity index (χ0v) is 20.6. The van der Waals surface area contributed by atoms with Gasteiger partial charge in [-0.05, 0) is 66.1 Å². The van der Waals surface area contributed by atoms with E-state index in [0.29, 0.717) is 12.2 Å². The smallest absolute Gasteiger partial charge is 0.341 e. The van der Waals surface area contributed by atoms with Crippen LogP contribution in [0.5, 0.6) is 0 Å². The van der Waals surface area contributed by atoms with Gasteiger partial charge in [0.15, 0.2) is 0 Å². The number of benzene rings is 3. The van der Waals surface area contributed by atoms with Crippen molar-refractivity contribution < 1.29 is 13.9 Å². The largest absolute Gasteiger partial charge is 0.462 e. The summed E-state index contributed by atoms with van der Waals surface area (Å²) in [5.41, 5.74) is 4.19. The van der Waals surface area contributed by atoms with Gasteiger partial charge in [-0.1, -0.05) is 56.5 Å². The highest BCUT2D eigenvalue weighted by atomic mass is 19.1. The number of carbonyl (C=O) groups is 1. The molecule has 0 aliphatic heterocycles. The van der Waals surface area contributed by atoms with Gasteiger partial charge in [-0.15, -0.1) is 0 Å². The van der Waals surface area contributed by atoms with Gasteiger partial charge < -0.3 is 9.64 Å². The monoisotopic (exact) mass is 473 g/mol. The summed E-state index contributed by atoms with van der Waals surface area (Å²) in [6.07, 6.45) is 7.69. The van der Waals surface area contributed by atoms with E-state index in [1.807, 2.05) is 73.6 Å². The van der Waals surface area contributed by atoms with Crippen molar-refractivity contribution >= 4 is 35.2 Å². The molecule has 3 aromatic rings. The van der Waals surface area contributed by atoms with Crippen LogP contribution >= 0.6 is 0 Å². The van der Waals surface area contributed by atoms with E-state index in [-0.39, 0.29) is 5.56 Å². The minimum absolute atomic E-state index is 0.0382. The molecule has 6 heteroatoms. The van der Waals surface area contributed by atoms with Gasteiger partial charge >= 0.3 is 5.97 Å². The van der Waals surface area contributed by atoms with Gasteiger partial charge in [-0.2, -0.15) is 10.2 Å². The van der Waals surface area contributed by atoms with Gasteiger partial charge in [0.05, 0.1) is 23.5 Å². The molecule has 3 rings (SSSR count). The molecule has 0 aliphatic carbocycles. The summed E-state index contributed by atoms with van der Waals surface area (Å²) in [7, 11) is 3.98. The number of esters is 1. The normalized spacial score (nSPS) is 11.3. The SMILES string of the molecule is CCCCCCOC(=O)c1ccc(/C=C/c2ccc(N=Nc3ccc(N(C)C)cc3)cc2)cc1F. The number of halogens is 1. The Balaban J connectivity index is 1.55. The summed E-state index contributed by atoms with van der Waals surface area (Å²) in [5.74, 6) is -1.20. The molecule has 0 saturated heterocycles. The molecule has 0 radical (unpaired) electrons. The predicted octanol–water partition coefficient (Wildman–Crippen LogP) is 8.21. The lowest BCUT2D eigenvalue weighted by Crippen LogP contribution is -2.08. The maximum atomic E-state index is 14.4. The first-order valence-corrected chi connectivity index (χ1v) is 11.9. The van der Waals surface area contributed by atoms with Gasteiger partial charge in [-0.3, -0.25) is 0 Å². The van der Waals surface area contributed by atoms with Gasteiger partial charge in [0, 0.05) is 19.8 Å². The standard InChI is InChI=1S/C29H32FN3O2/c1-4-5-6-7-20-35-29(34)27-19-12-23(21-28(27)30)9-8-22-10-13-24(14-11-22)31-32-25-15-17-26(18-16-25)33(2)3/h8-19,21H,4-7,20H2,1-3H3/b9-8+,32-31?. The third-order valence-corrected chi connectivity index (χ3v) is 5.45. The molecule has 0 spiro atoms. The van der Waals surface area contributed by atoms with Crippen molar-refractivity contribution in [3.05, 3.63) is 89.2 Å². The highest BCUT2D eigenvalue weighted by Gasteiger charge is 2.13. The van der Waals surface area contributed by atoms with Crippen LogP contribution in [0.1, 0.15) is 54.1 Å². The molecule has 0 bridgehead atoms. The van der Waals surface area contributed by atoms with Crippen LogP contribution in [0.15, 0.2) is 77.0 Å². The van der Waals surface area contributed by atoms with Crippen molar-refractivity contribution in [2.24, 2.45) is 10.2 Å². The quantitative estimate of drug-likeness (QED) is 0.122. The minimum atomic E-state index is -0.618. The molecule has 0 amide bonds. The molecule has 0 N–H and O–H groups in total. The van der Waals surface area contributed by atoms with Crippen molar-refractivity contribution in [3.8, 4) is 0 Å². The summed E-state index contributed by atoms with van der Waals surface area (Å²) in [4.78, 5) is 14.1. The number of anilines is 1. The fourth-order valence-corrected chi connectivity index (χ4v) is 3.35. The van der Waals surface area contributed by atoms with Crippen molar-refractivity contribution in [2.45, 2.75) is 32.6 Å². The molecule has 0 aromatic heterocycles. The van der Waals surface area contributed by atoms with Crippen molar-refractivity contribution in [1.29, 1.82) is 0 Å². The van der Waals surface area contributed by atoms with Crippen molar-refractivity contribution in [2.75, 3.05) is 25.6 Å². The first-order valence-electron chi connectivity index (χ1n) is 11.9. The Morgan fingerprint density at radius 2 is 1.46 bits per heavy atom. The molecule has 182 valence electrons. The lowest BCUT2D eigenvalue weighted by molar-refractivity contribution is 0.0492. The lowest BCUT2D eigenvalue weighted by atomic mass is 10.1. The van der Waals surface area contributed by atoms with E-state index >= 15 is 0 Å². The first kappa shape index (κ1) is 25.8. The van der Waals surface area contributed by atoms with Gasteiger partial charge in [-0.25, -0.2) is 9.18 Å². The number of azo groups is 1. The van der Waals surface area contributed by atoms with Crippen LogP contribution < -0.4 is 4.90 Å². The molecular weight excluding hydrogens is 441 g/mol. The number of carbonyl (C=O) groups excluding carboxylic acids is 1.